The number of nitrogens with two attached hydrogens (primary N) is 1. The lowest BCUT2D eigenvalue weighted by Gasteiger charge is -2.15. The fraction of sp³-hybridized carbons (Fsp3) is 0.455. The van der Waals surface area contributed by atoms with Gasteiger partial charge in [-0.2, -0.15) is 0 Å². The molecule has 0 aromatic carbocycles. The van der Waals surface area contributed by atoms with E-state index in [0.29, 0.717) is 6.54 Å². The van der Waals surface area contributed by atoms with Crippen LogP contribution in [0.25, 0.3) is 10.2 Å². The normalized spacial score (nSPS) is 12.9. The first-order valence-electron chi connectivity index (χ1n) is 5.41. The van der Waals surface area contributed by atoms with Gasteiger partial charge in [0.05, 0.1) is 10.2 Å². The van der Waals surface area contributed by atoms with Crippen LogP contribution in [0.2, 0.25) is 0 Å². The van der Waals surface area contributed by atoms with Gasteiger partial charge in [-0.15, -0.1) is 11.3 Å². The molecule has 0 saturated carbocycles. The second-order valence-electron chi connectivity index (χ2n) is 3.80. The Morgan fingerprint density at radius 3 is 3.00 bits per heavy atom. The summed E-state index contributed by atoms with van der Waals surface area (Å²) in [4.78, 5) is 8.58. The minimum atomic E-state index is 0.278. The van der Waals surface area contributed by atoms with Crippen LogP contribution in [0.3, 0.4) is 0 Å². The van der Waals surface area contributed by atoms with E-state index in [-0.39, 0.29) is 6.04 Å². The number of fused-ring (bicyclic) bond motifs is 1. The third-order valence-electron chi connectivity index (χ3n) is 2.65. The number of anilines is 1. The molecule has 86 valence electrons. The van der Waals surface area contributed by atoms with Crippen LogP contribution in [-0.2, 0) is 0 Å². The van der Waals surface area contributed by atoms with Crippen molar-refractivity contribution < 1.29 is 0 Å². The fourth-order valence-electron chi connectivity index (χ4n) is 1.59. The van der Waals surface area contributed by atoms with E-state index in [2.05, 4.69) is 34.5 Å². The van der Waals surface area contributed by atoms with Crippen LogP contribution in [0, 0.1) is 6.92 Å². The standard InChI is InChI=1S/C11H16N4S/c1-3-8(4-12)15-11-10-9(13-6-14-11)7(2)5-16-10/h5-6,8H,3-4,12H2,1-2H3,(H,13,14,15). The van der Waals surface area contributed by atoms with E-state index in [9.17, 15) is 0 Å². The fourth-order valence-corrected chi connectivity index (χ4v) is 2.55. The molecule has 2 aromatic rings. The van der Waals surface area contributed by atoms with E-state index in [4.69, 9.17) is 5.73 Å². The molecule has 5 heteroatoms. The summed E-state index contributed by atoms with van der Waals surface area (Å²) in [6, 6.07) is 0.278. The Morgan fingerprint density at radius 2 is 2.31 bits per heavy atom. The molecule has 1 unspecified atom stereocenters. The lowest BCUT2D eigenvalue weighted by molar-refractivity contribution is 0.701. The van der Waals surface area contributed by atoms with Crippen molar-refractivity contribution in [2.75, 3.05) is 11.9 Å². The number of thiophene rings is 1. The van der Waals surface area contributed by atoms with E-state index in [0.717, 1.165) is 22.5 Å². The second-order valence-corrected chi connectivity index (χ2v) is 4.68. The van der Waals surface area contributed by atoms with E-state index in [1.807, 2.05) is 0 Å². The summed E-state index contributed by atoms with van der Waals surface area (Å²) in [7, 11) is 0. The van der Waals surface area contributed by atoms with Crippen LogP contribution in [0.5, 0.6) is 0 Å². The van der Waals surface area contributed by atoms with Crippen molar-refractivity contribution >= 4 is 27.4 Å². The van der Waals surface area contributed by atoms with Crippen molar-refractivity contribution in [2.45, 2.75) is 26.3 Å². The number of nitrogens with one attached hydrogen (secondary N) is 1. The summed E-state index contributed by atoms with van der Waals surface area (Å²) in [6.07, 6.45) is 2.60. The minimum absolute atomic E-state index is 0.278. The monoisotopic (exact) mass is 236 g/mol. The third-order valence-corrected chi connectivity index (χ3v) is 3.74. The minimum Gasteiger partial charge on any atom is -0.365 e. The van der Waals surface area contributed by atoms with Crippen molar-refractivity contribution in [1.82, 2.24) is 9.97 Å². The molecular weight excluding hydrogens is 220 g/mol. The predicted molar refractivity (Wildman–Crippen MR) is 68.9 cm³/mol. The highest BCUT2D eigenvalue weighted by molar-refractivity contribution is 7.18. The van der Waals surface area contributed by atoms with Crippen LogP contribution in [-0.4, -0.2) is 22.6 Å². The van der Waals surface area contributed by atoms with Gasteiger partial charge in [-0.25, -0.2) is 9.97 Å². The average Bonchev–Trinajstić information content (AvgIpc) is 2.69. The van der Waals surface area contributed by atoms with Crippen LogP contribution in [0.1, 0.15) is 18.9 Å². The summed E-state index contributed by atoms with van der Waals surface area (Å²) < 4.78 is 1.12. The highest BCUT2D eigenvalue weighted by Crippen LogP contribution is 2.28. The topological polar surface area (TPSA) is 63.8 Å². The number of hydrogen-bond acceptors (Lipinski definition) is 5. The van der Waals surface area contributed by atoms with Gasteiger partial charge in [0.1, 0.15) is 12.1 Å². The summed E-state index contributed by atoms with van der Waals surface area (Å²) >= 11 is 1.68. The van der Waals surface area contributed by atoms with Gasteiger partial charge in [0.25, 0.3) is 0 Å². The van der Waals surface area contributed by atoms with E-state index >= 15 is 0 Å². The van der Waals surface area contributed by atoms with Crippen molar-refractivity contribution in [3.8, 4) is 0 Å². The second kappa shape index (κ2) is 4.76. The highest BCUT2D eigenvalue weighted by Gasteiger charge is 2.10. The molecule has 2 heterocycles. The molecule has 3 N–H and O–H groups in total. The lowest BCUT2D eigenvalue weighted by Crippen LogP contribution is -2.28. The van der Waals surface area contributed by atoms with Crippen LogP contribution >= 0.6 is 11.3 Å². The molecule has 0 amide bonds. The van der Waals surface area contributed by atoms with Crippen molar-refractivity contribution in [3.05, 3.63) is 17.3 Å². The molecule has 0 aliphatic heterocycles. The number of aryl methyl sites for hydroxylation is 1. The first kappa shape index (κ1) is 11.3. The lowest BCUT2D eigenvalue weighted by atomic mass is 10.2. The molecule has 0 radical (unpaired) electrons. The van der Waals surface area contributed by atoms with E-state index in [1.54, 1.807) is 17.7 Å². The Labute approximate surface area is 98.9 Å². The Bertz CT molecular complexity index is 476. The number of nitrogens with zero attached hydrogens (tertiary/aromatic N) is 2. The number of rotatable bonds is 4. The summed E-state index contributed by atoms with van der Waals surface area (Å²) in [5.41, 5.74) is 7.91. The zero-order valence-electron chi connectivity index (χ0n) is 9.53. The zero-order chi connectivity index (χ0) is 11.5. The van der Waals surface area contributed by atoms with Crippen molar-refractivity contribution in [3.63, 3.8) is 0 Å². The molecule has 0 fully saturated rings. The maximum Gasteiger partial charge on any atom is 0.147 e. The summed E-state index contributed by atoms with van der Waals surface area (Å²) in [6.45, 7) is 4.80. The Morgan fingerprint density at radius 1 is 1.50 bits per heavy atom. The molecule has 1 atom stereocenters. The number of aromatic nitrogens is 2. The van der Waals surface area contributed by atoms with Gasteiger partial charge >= 0.3 is 0 Å². The highest BCUT2D eigenvalue weighted by atomic mass is 32.1. The molecule has 4 nitrogen and oxygen atoms in total. The van der Waals surface area contributed by atoms with Gasteiger partial charge in [-0.05, 0) is 24.3 Å². The van der Waals surface area contributed by atoms with Crippen LogP contribution in [0.15, 0.2) is 11.7 Å². The van der Waals surface area contributed by atoms with Crippen LogP contribution in [0.4, 0.5) is 5.82 Å². The number of hydrogen-bond donors (Lipinski definition) is 2. The molecule has 0 saturated heterocycles. The molecule has 0 aliphatic carbocycles. The van der Waals surface area contributed by atoms with Gasteiger partial charge < -0.3 is 11.1 Å². The summed E-state index contributed by atoms with van der Waals surface area (Å²) in [5.74, 6) is 0.903. The SMILES string of the molecule is CCC(CN)Nc1ncnc2c(C)csc12. The third kappa shape index (κ3) is 2.01. The predicted octanol–water partition coefficient (Wildman–Crippen LogP) is 2.15. The molecule has 2 aromatic heterocycles. The van der Waals surface area contributed by atoms with E-state index < -0.39 is 0 Å². The van der Waals surface area contributed by atoms with Gasteiger partial charge in [-0.1, -0.05) is 6.92 Å². The Hall–Kier alpha value is -1.20. The van der Waals surface area contributed by atoms with Gasteiger partial charge in [-0.3, -0.25) is 0 Å². The van der Waals surface area contributed by atoms with Crippen molar-refractivity contribution in [1.29, 1.82) is 0 Å². The Kier molecular flexibility index (Phi) is 3.36. The largest absolute Gasteiger partial charge is 0.365 e. The van der Waals surface area contributed by atoms with Crippen molar-refractivity contribution in [2.24, 2.45) is 5.73 Å². The molecular formula is C11H16N4S. The van der Waals surface area contributed by atoms with Gasteiger partial charge in [0.2, 0.25) is 0 Å². The average molecular weight is 236 g/mol. The first-order chi connectivity index (χ1) is 7.76. The zero-order valence-corrected chi connectivity index (χ0v) is 10.3. The van der Waals surface area contributed by atoms with Gasteiger partial charge in [0, 0.05) is 12.6 Å². The molecule has 0 aliphatic rings. The van der Waals surface area contributed by atoms with E-state index in [1.165, 1.54) is 5.56 Å². The Balaban J connectivity index is 2.37. The molecule has 2 rings (SSSR count). The quantitative estimate of drug-likeness (QED) is 0.853. The molecule has 16 heavy (non-hydrogen) atoms. The van der Waals surface area contributed by atoms with Gasteiger partial charge in [0.15, 0.2) is 0 Å². The summed E-state index contributed by atoms with van der Waals surface area (Å²) in [5, 5.41) is 5.47. The molecule has 0 spiro atoms. The van der Waals surface area contributed by atoms with Crippen LogP contribution < -0.4 is 11.1 Å². The first-order valence-corrected chi connectivity index (χ1v) is 6.29. The maximum absolute atomic E-state index is 5.68. The smallest absolute Gasteiger partial charge is 0.147 e. The molecule has 0 bridgehead atoms. The maximum atomic E-state index is 5.68.